The standard InChI is InChI=1S/C13H14N2O4/c1-3-18-13(17)12(16)14-7-9-4-5-10-11(6-9)19-8(2)15-10/h4-6H,3,7H2,1-2H3,(H,14,16). The smallest absolute Gasteiger partial charge is 0.396 e. The fourth-order valence-corrected chi connectivity index (χ4v) is 1.65. The maximum absolute atomic E-state index is 11.4. The lowest BCUT2D eigenvalue weighted by atomic mass is 10.2. The quantitative estimate of drug-likeness (QED) is 0.666. The lowest BCUT2D eigenvalue weighted by Gasteiger charge is -2.04. The van der Waals surface area contributed by atoms with E-state index in [0.29, 0.717) is 11.5 Å². The largest absolute Gasteiger partial charge is 0.459 e. The summed E-state index contributed by atoms with van der Waals surface area (Å²) in [5.74, 6) is -1.04. The van der Waals surface area contributed by atoms with E-state index in [0.717, 1.165) is 11.1 Å². The average Bonchev–Trinajstić information content (AvgIpc) is 2.75. The number of oxazole rings is 1. The van der Waals surface area contributed by atoms with Crippen LogP contribution in [0, 0.1) is 6.92 Å². The molecule has 0 radical (unpaired) electrons. The number of carbonyl (C=O) groups is 2. The highest BCUT2D eigenvalue weighted by Crippen LogP contribution is 2.16. The van der Waals surface area contributed by atoms with Gasteiger partial charge < -0.3 is 14.5 Å². The maximum atomic E-state index is 11.4. The van der Waals surface area contributed by atoms with Crippen LogP contribution in [0.1, 0.15) is 18.4 Å². The van der Waals surface area contributed by atoms with Gasteiger partial charge in [-0.1, -0.05) is 6.07 Å². The topological polar surface area (TPSA) is 81.4 Å². The first-order chi connectivity index (χ1) is 9.10. The van der Waals surface area contributed by atoms with Gasteiger partial charge in [-0.3, -0.25) is 4.79 Å². The third-order valence-electron chi connectivity index (χ3n) is 2.47. The molecule has 0 bridgehead atoms. The third-order valence-corrected chi connectivity index (χ3v) is 2.47. The summed E-state index contributed by atoms with van der Waals surface area (Å²) in [6.07, 6.45) is 0. The highest BCUT2D eigenvalue weighted by molar-refractivity contribution is 6.32. The number of nitrogens with zero attached hydrogens (tertiary/aromatic N) is 1. The molecule has 1 aromatic carbocycles. The Balaban J connectivity index is 2.01. The molecule has 0 aliphatic heterocycles. The summed E-state index contributed by atoms with van der Waals surface area (Å²) in [4.78, 5) is 26.6. The Hall–Kier alpha value is -2.37. The number of esters is 1. The number of rotatable bonds is 3. The molecule has 0 spiro atoms. The summed E-state index contributed by atoms with van der Waals surface area (Å²) >= 11 is 0. The predicted octanol–water partition coefficient (Wildman–Crippen LogP) is 1.32. The number of carbonyl (C=O) groups excluding carboxylic acids is 2. The van der Waals surface area contributed by atoms with E-state index in [-0.39, 0.29) is 13.2 Å². The molecule has 0 saturated carbocycles. The summed E-state index contributed by atoms with van der Waals surface area (Å²) < 4.78 is 9.97. The van der Waals surface area contributed by atoms with E-state index in [1.165, 1.54) is 0 Å². The van der Waals surface area contributed by atoms with Gasteiger partial charge in [0, 0.05) is 13.5 Å². The van der Waals surface area contributed by atoms with Gasteiger partial charge in [0.1, 0.15) is 5.52 Å². The molecule has 2 rings (SSSR count). The van der Waals surface area contributed by atoms with E-state index >= 15 is 0 Å². The lowest BCUT2D eigenvalue weighted by molar-refractivity contribution is -0.154. The molecule has 6 nitrogen and oxygen atoms in total. The Morgan fingerprint density at radius 1 is 1.42 bits per heavy atom. The van der Waals surface area contributed by atoms with E-state index in [4.69, 9.17) is 4.42 Å². The highest BCUT2D eigenvalue weighted by atomic mass is 16.5. The molecule has 0 fully saturated rings. The fourth-order valence-electron chi connectivity index (χ4n) is 1.65. The van der Waals surface area contributed by atoms with Gasteiger partial charge in [-0.25, -0.2) is 9.78 Å². The number of aryl methyl sites for hydroxylation is 1. The second-order valence-corrected chi connectivity index (χ2v) is 3.94. The van der Waals surface area contributed by atoms with Crippen molar-refractivity contribution in [2.24, 2.45) is 0 Å². The van der Waals surface area contributed by atoms with Crippen LogP contribution in [0.4, 0.5) is 0 Å². The van der Waals surface area contributed by atoms with E-state index in [9.17, 15) is 9.59 Å². The molecule has 19 heavy (non-hydrogen) atoms. The summed E-state index contributed by atoms with van der Waals surface area (Å²) in [5.41, 5.74) is 2.24. The van der Waals surface area contributed by atoms with Gasteiger partial charge in [-0.2, -0.15) is 0 Å². The normalized spacial score (nSPS) is 10.4. The minimum Gasteiger partial charge on any atom is -0.459 e. The first-order valence-corrected chi connectivity index (χ1v) is 5.91. The molecule has 0 saturated heterocycles. The molecule has 1 amide bonds. The van der Waals surface area contributed by atoms with Crippen LogP contribution in [0.3, 0.4) is 0 Å². The SMILES string of the molecule is CCOC(=O)C(=O)NCc1ccc2nc(C)oc2c1. The first kappa shape index (κ1) is 13.1. The second kappa shape index (κ2) is 5.51. The van der Waals surface area contributed by atoms with Crippen molar-refractivity contribution in [3.8, 4) is 0 Å². The van der Waals surface area contributed by atoms with Gasteiger partial charge in [0.2, 0.25) is 0 Å². The third kappa shape index (κ3) is 3.09. The van der Waals surface area contributed by atoms with Crippen molar-refractivity contribution in [3.05, 3.63) is 29.7 Å². The molecule has 0 atom stereocenters. The van der Waals surface area contributed by atoms with Crippen LogP contribution in [-0.2, 0) is 20.9 Å². The zero-order valence-corrected chi connectivity index (χ0v) is 10.7. The summed E-state index contributed by atoms with van der Waals surface area (Å²) in [5, 5.41) is 2.48. The van der Waals surface area contributed by atoms with Crippen molar-refractivity contribution in [2.75, 3.05) is 6.61 Å². The molecule has 2 aromatic rings. The second-order valence-electron chi connectivity index (χ2n) is 3.94. The molecular formula is C13H14N2O4. The van der Waals surface area contributed by atoms with Crippen LogP contribution in [0.2, 0.25) is 0 Å². The molecule has 6 heteroatoms. The van der Waals surface area contributed by atoms with Gasteiger partial charge >= 0.3 is 11.9 Å². The maximum Gasteiger partial charge on any atom is 0.396 e. The zero-order chi connectivity index (χ0) is 13.8. The Morgan fingerprint density at radius 3 is 2.95 bits per heavy atom. The Morgan fingerprint density at radius 2 is 2.21 bits per heavy atom. The number of nitrogens with one attached hydrogen (secondary N) is 1. The van der Waals surface area contributed by atoms with Crippen LogP contribution >= 0.6 is 0 Å². The minimum absolute atomic E-state index is 0.176. The van der Waals surface area contributed by atoms with Crippen molar-refractivity contribution >= 4 is 23.0 Å². The van der Waals surface area contributed by atoms with Crippen molar-refractivity contribution in [2.45, 2.75) is 20.4 Å². The number of aromatic nitrogens is 1. The minimum atomic E-state index is -0.876. The number of hydrogen-bond donors (Lipinski definition) is 1. The summed E-state index contributed by atoms with van der Waals surface area (Å²) in [6.45, 7) is 3.82. The van der Waals surface area contributed by atoms with Gasteiger partial charge in [0.25, 0.3) is 0 Å². The number of amides is 1. The molecule has 1 heterocycles. The van der Waals surface area contributed by atoms with E-state index in [1.54, 1.807) is 26.0 Å². The van der Waals surface area contributed by atoms with Crippen molar-refractivity contribution in [1.82, 2.24) is 10.3 Å². The predicted molar refractivity (Wildman–Crippen MR) is 67.2 cm³/mol. The molecule has 0 aliphatic rings. The van der Waals surface area contributed by atoms with Gasteiger partial charge in [0.15, 0.2) is 11.5 Å². The Kier molecular flexibility index (Phi) is 3.79. The molecule has 100 valence electrons. The Bertz CT molecular complexity index is 618. The number of hydrogen-bond acceptors (Lipinski definition) is 5. The van der Waals surface area contributed by atoms with Gasteiger partial charge in [-0.15, -0.1) is 0 Å². The molecule has 1 aromatic heterocycles. The van der Waals surface area contributed by atoms with Crippen LogP contribution in [0.5, 0.6) is 0 Å². The average molecular weight is 262 g/mol. The lowest BCUT2D eigenvalue weighted by Crippen LogP contribution is -2.32. The molecular weight excluding hydrogens is 248 g/mol. The Labute approximate surface area is 109 Å². The number of fused-ring (bicyclic) bond motifs is 1. The van der Waals surface area contributed by atoms with Crippen LogP contribution in [0.25, 0.3) is 11.1 Å². The highest BCUT2D eigenvalue weighted by Gasteiger charge is 2.14. The van der Waals surface area contributed by atoms with Crippen molar-refractivity contribution in [3.63, 3.8) is 0 Å². The fraction of sp³-hybridized carbons (Fsp3) is 0.308. The van der Waals surface area contributed by atoms with E-state index in [1.807, 2.05) is 6.07 Å². The van der Waals surface area contributed by atoms with Crippen LogP contribution in [0.15, 0.2) is 22.6 Å². The van der Waals surface area contributed by atoms with Gasteiger partial charge in [-0.05, 0) is 24.6 Å². The van der Waals surface area contributed by atoms with Crippen LogP contribution < -0.4 is 5.32 Å². The van der Waals surface area contributed by atoms with Crippen LogP contribution in [-0.4, -0.2) is 23.5 Å². The van der Waals surface area contributed by atoms with E-state index < -0.39 is 11.9 Å². The molecule has 0 unspecified atom stereocenters. The molecule has 1 N–H and O–H groups in total. The van der Waals surface area contributed by atoms with Gasteiger partial charge in [0.05, 0.1) is 6.61 Å². The number of ether oxygens (including phenoxy) is 1. The summed E-state index contributed by atoms with van der Waals surface area (Å²) in [6, 6.07) is 5.40. The van der Waals surface area contributed by atoms with Crippen molar-refractivity contribution in [1.29, 1.82) is 0 Å². The summed E-state index contributed by atoms with van der Waals surface area (Å²) in [7, 11) is 0. The first-order valence-electron chi connectivity index (χ1n) is 5.91. The molecule has 0 aliphatic carbocycles. The monoisotopic (exact) mass is 262 g/mol. The number of benzene rings is 1. The zero-order valence-electron chi connectivity index (χ0n) is 10.7. The van der Waals surface area contributed by atoms with Crippen molar-refractivity contribution < 1.29 is 18.7 Å². The van der Waals surface area contributed by atoms with E-state index in [2.05, 4.69) is 15.0 Å².